The molecule has 0 radical (unpaired) electrons. The number of aliphatic hydroxyl groups excluding tert-OH is 1. The maximum Gasteiger partial charge on any atom is 0.264 e. The second kappa shape index (κ2) is 13.4. The summed E-state index contributed by atoms with van der Waals surface area (Å²) in [4.78, 5) is 29.8. The zero-order chi connectivity index (χ0) is 29.6. The van der Waals surface area contributed by atoms with Crippen LogP contribution in [0, 0.1) is 5.92 Å². The Morgan fingerprint density at radius 1 is 1.17 bits per heavy atom. The van der Waals surface area contributed by atoms with E-state index in [9.17, 15) is 14.7 Å². The van der Waals surface area contributed by atoms with Crippen molar-refractivity contribution in [1.29, 1.82) is 0 Å². The summed E-state index contributed by atoms with van der Waals surface area (Å²) in [6.07, 6.45) is 14.2. The summed E-state index contributed by atoms with van der Waals surface area (Å²) in [6, 6.07) is 5.57. The highest BCUT2D eigenvalue weighted by Crippen LogP contribution is 2.47. The van der Waals surface area contributed by atoms with Crippen molar-refractivity contribution >= 4 is 23.2 Å². The molecule has 4 rings (SSSR count). The first-order valence-electron chi connectivity index (χ1n) is 14.6. The first kappa shape index (κ1) is 30.4. The number of aliphatic hydroxyl groups is 2. The number of hydrogen-bond acceptors (Lipinski definition) is 6. The molecule has 1 aromatic carbocycles. The van der Waals surface area contributed by atoms with Crippen molar-refractivity contribution < 1.29 is 19.8 Å². The molecule has 2 atom stereocenters. The van der Waals surface area contributed by atoms with Gasteiger partial charge in [-0.25, -0.2) is 0 Å². The van der Waals surface area contributed by atoms with Gasteiger partial charge in [0.25, 0.3) is 5.91 Å². The molecule has 1 saturated heterocycles. The fourth-order valence-electron chi connectivity index (χ4n) is 5.47. The van der Waals surface area contributed by atoms with E-state index >= 15 is 0 Å². The highest BCUT2D eigenvalue weighted by molar-refractivity contribution is 6.08. The van der Waals surface area contributed by atoms with Gasteiger partial charge in [-0.1, -0.05) is 47.6 Å². The lowest BCUT2D eigenvalue weighted by Gasteiger charge is -2.28. The molecule has 0 unspecified atom stereocenters. The SMILES string of the molecule is CC(C)=CCC/C(C)=C/CN1C(=O)[C@](O)([C@H](C)/C=C/CCn2cc(CCO)nn2)c2cc(N3CCCC3=O)ccc21. The minimum atomic E-state index is -1.75. The quantitative estimate of drug-likeness (QED) is 0.350. The van der Waals surface area contributed by atoms with Gasteiger partial charge in [-0.3, -0.25) is 14.3 Å². The molecule has 0 bridgehead atoms. The Labute approximate surface area is 242 Å². The van der Waals surface area contributed by atoms with Crippen molar-refractivity contribution in [3.05, 3.63) is 71.1 Å². The van der Waals surface area contributed by atoms with Crippen LogP contribution >= 0.6 is 0 Å². The van der Waals surface area contributed by atoms with Crippen LogP contribution in [0.25, 0.3) is 0 Å². The van der Waals surface area contributed by atoms with Crippen LogP contribution in [0.2, 0.25) is 0 Å². The van der Waals surface area contributed by atoms with Crippen LogP contribution < -0.4 is 9.80 Å². The largest absolute Gasteiger partial charge is 0.396 e. The van der Waals surface area contributed by atoms with Gasteiger partial charge in [0.15, 0.2) is 5.60 Å². The molecule has 3 heterocycles. The maximum atomic E-state index is 13.9. The third kappa shape index (κ3) is 6.85. The number of benzene rings is 1. The van der Waals surface area contributed by atoms with E-state index in [2.05, 4.69) is 43.2 Å². The van der Waals surface area contributed by atoms with Crippen LogP contribution in [0.15, 0.2) is 59.8 Å². The summed E-state index contributed by atoms with van der Waals surface area (Å²) in [5.41, 5.74) is 3.40. The number of hydrogen-bond donors (Lipinski definition) is 2. The monoisotopic (exact) mass is 561 g/mol. The maximum absolute atomic E-state index is 13.9. The molecule has 9 heteroatoms. The Kier molecular flexibility index (Phi) is 9.94. The Morgan fingerprint density at radius 2 is 1.98 bits per heavy atom. The van der Waals surface area contributed by atoms with Gasteiger partial charge in [0.2, 0.25) is 5.91 Å². The van der Waals surface area contributed by atoms with Gasteiger partial charge in [-0.15, -0.1) is 5.10 Å². The number of carbonyl (C=O) groups is 2. The third-order valence-corrected chi connectivity index (χ3v) is 7.91. The van der Waals surface area contributed by atoms with Crippen molar-refractivity contribution in [2.75, 3.05) is 29.5 Å². The number of aryl methyl sites for hydroxylation is 1. The van der Waals surface area contributed by atoms with Gasteiger partial charge in [-0.2, -0.15) is 0 Å². The van der Waals surface area contributed by atoms with Crippen molar-refractivity contribution in [1.82, 2.24) is 15.0 Å². The molecule has 2 aliphatic heterocycles. The number of nitrogens with zero attached hydrogens (tertiary/aromatic N) is 5. The number of amides is 2. The Hall–Kier alpha value is -3.56. The van der Waals surface area contributed by atoms with Crippen molar-refractivity contribution in [3.8, 4) is 0 Å². The molecule has 0 saturated carbocycles. The lowest BCUT2D eigenvalue weighted by atomic mass is 9.82. The Morgan fingerprint density at radius 3 is 2.68 bits per heavy atom. The second-order valence-corrected chi connectivity index (χ2v) is 11.4. The van der Waals surface area contributed by atoms with Crippen molar-refractivity contribution in [2.24, 2.45) is 5.92 Å². The van der Waals surface area contributed by atoms with E-state index in [1.54, 1.807) is 14.5 Å². The first-order chi connectivity index (χ1) is 19.6. The number of carbonyl (C=O) groups excluding carboxylic acids is 2. The summed E-state index contributed by atoms with van der Waals surface area (Å²) in [6.45, 7) is 9.72. The highest BCUT2D eigenvalue weighted by atomic mass is 16.3. The number of allylic oxidation sites excluding steroid dienone is 4. The molecule has 220 valence electrons. The van der Waals surface area contributed by atoms with Gasteiger partial charge >= 0.3 is 0 Å². The molecule has 2 aliphatic rings. The minimum Gasteiger partial charge on any atom is -0.396 e. The fourth-order valence-corrected chi connectivity index (χ4v) is 5.47. The molecule has 1 fully saturated rings. The zero-order valence-corrected chi connectivity index (χ0v) is 24.7. The van der Waals surface area contributed by atoms with Crippen LogP contribution in [0.3, 0.4) is 0 Å². The molecule has 2 aromatic rings. The zero-order valence-electron chi connectivity index (χ0n) is 24.7. The summed E-state index contributed by atoms with van der Waals surface area (Å²) in [5.74, 6) is -0.799. The normalized spacial score (nSPS) is 19.9. The van der Waals surface area contributed by atoms with Crippen LogP contribution in [0.4, 0.5) is 11.4 Å². The van der Waals surface area contributed by atoms with Crippen molar-refractivity contribution in [3.63, 3.8) is 0 Å². The third-order valence-electron chi connectivity index (χ3n) is 7.91. The topological polar surface area (TPSA) is 112 Å². The van der Waals surface area contributed by atoms with E-state index in [1.165, 1.54) is 11.1 Å². The second-order valence-electron chi connectivity index (χ2n) is 11.4. The Bertz CT molecular complexity index is 1340. The van der Waals surface area contributed by atoms with Crippen LogP contribution in [0.5, 0.6) is 0 Å². The average molecular weight is 562 g/mol. The smallest absolute Gasteiger partial charge is 0.264 e. The molecule has 2 N–H and O–H groups in total. The summed E-state index contributed by atoms with van der Waals surface area (Å²) in [7, 11) is 0. The van der Waals surface area contributed by atoms with E-state index in [0.29, 0.717) is 55.8 Å². The molecular weight excluding hydrogens is 518 g/mol. The molecular formula is C32H43N5O4. The predicted octanol–water partition coefficient (Wildman–Crippen LogP) is 4.45. The van der Waals surface area contributed by atoms with E-state index in [-0.39, 0.29) is 18.4 Å². The Balaban J connectivity index is 1.56. The molecule has 0 spiro atoms. The first-order valence-corrected chi connectivity index (χ1v) is 14.6. The van der Waals surface area contributed by atoms with Gasteiger partial charge in [0.05, 0.1) is 11.4 Å². The standard InChI is InChI=1S/C32H43N5O4/c1-23(2)9-7-10-24(3)15-19-37-29-14-13-27(36-18-8-12-30(36)39)21-28(29)32(41,31(37)40)25(4)11-5-6-17-35-22-26(16-20-38)33-34-35/h5,9,11,13-15,21-22,25,38,41H,6-8,10,12,16-20H2,1-4H3/b11-5+,24-15+/t25-,32+/m1/s1. The number of fused-ring (bicyclic) bond motifs is 1. The number of rotatable bonds is 13. The van der Waals surface area contributed by atoms with Gasteiger partial charge in [0.1, 0.15) is 0 Å². The molecule has 0 aliphatic carbocycles. The summed E-state index contributed by atoms with van der Waals surface area (Å²) >= 11 is 0. The van der Waals surface area contributed by atoms with Crippen molar-refractivity contribution in [2.45, 2.75) is 78.4 Å². The van der Waals surface area contributed by atoms with Crippen LogP contribution in [-0.4, -0.2) is 56.7 Å². The summed E-state index contributed by atoms with van der Waals surface area (Å²) in [5, 5.41) is 29.3. The molecule has 1 aromatic heterocycles. The summed E-state index contributed by atoms with van der Waals surface area (Å²) < 4.78 is 1.72. The molecule has 9 nitrogen and oxygen atoms in total. The van der Waals surface area contributed by atoms with Crippen LogP contribution in [0.1, 0.15) is 71.1 Å². The van der Waals surface area contributed by atoms with E-state index in [0.717, 1.165) is 25.0 Å². The lowest BCUT2D eigenvalue weighted by Crippen LogP contribution is -2.44. The predicted molar refractivity (Wildman–Crippen MR) is 160 cm³/mol. The van der Waals surface area contributed by atoms with E-state index in [1.807, 2.05) is 43.5 Å². The highest BCUT2D eigenvalue weighted by Gasteiger charge is 2.52. The van der Waals surface area contributed by atoms with Gasteiger partial charge in [-0.05, 0) is 64.7 Å². The fraction of sp³-hybridized carbons (Fsp3) is 0.500. The van der Waals surface area contributed by atoms with E-state index < -0.39 is 11.5 Å². The minimum absolute atomic E-state index is 0.0279. The van der Waals surface area contributed by atoms with Crippen LogP contribution in [-0.2, 0) is 28.2 Å². The molecule has 2 amide bonds. The van der Waals surface area contributed by atoms with E-state index in [4.69, 9.17) is 5.11 Å². The van der Waals surface area contributed by atoms with Gasteiger partial charge in [0, 0.05) is 62.4 Å². The number of anilines is 2. The molecule has 41 heavy (non-hydrogen) atoms. The van der Waals surface area contributed by atoms with Gasteiger partial charge < -0.3 is 20.0 Å². The average Bonchev–Trinajstić information content (AvgIpc) is 3.63. The lowest BCUT2D eigenvalue weighted by molar-refractivity contribution is -0.139. The number of aromatic nitrogens is 3.